The van der Waals surface area contributed by atoms with Crippen LogP contribution in [0.15, 0.2) is 83.0 Å². The van der Waals surface area contributed by atoms with Gasteiger partial charge in [-0.1, -0.05) is 42.0 Å². The van der Waals surface area contributed by atoms with Crippen molar-refractivity contribution in [1.82, 2.24) is 0 Å². The zero-order valence-corrected chi connectivity index (χ0v) is 20.4. The molecule has 2 aromatic carbocycles. The highest BCUT2D eigenvalue weighted by atomic mass is 16.5. The SMILES string of the molecule is COc1cccc([C@H]2C3=CC[C@@H]4C(=O)N(c5ccccc5)C(=O)[C@@H]4[C@@H]3CC3=C2C(=O)C(C)=CC3=O)c1O. The molecule has 2 amide bonds. The summed E-state index contributed by atoms with van der Waals surface area (Å²) in [7, 11) is 1.45. The van der Waals surface area contributed by atoms with E-state index >= 15 is 0 Å². The first-order valence-electron chi connectivity index (χ1n) is 12.3. The molecule has 4 aliphatic rings. The number of benzene rings is 2. The molecule has 186 valence electrons. The average molecular weight is 496 g/mol. The molecule has 7 heteroatoms. The van der Waals surface area contributed by atoms with E-state index < -0.39 is 23.7 Å². The number of carbonyl (C=O) groups excluding carboxylic acids is 4. The maximum Gasteiger partial charge on any atom is 0.238 e. The van der Waals surface area contributed by atoms with Gasteiger partial charge in [0.2, 0.25) is 11.8 Å². The summed E-state index contributed by atoms with van der Waals surface area (Å²) in [6.07, 6.45) is 3.81. The molecule has 6 rings (SSSR count). The Balaban J connectivity index is 1.52. The number of hydrogen-bond acceptors (Lipinski definition) is 6. The minimum absolute atomic E-state index is 0.113. The summed E-state index contributed by atoms with van der Waals surface area (Å²) in [5.41, 5.74) is 2.78. The van der Waals surface area contributed by atoms with Gasteiger partial charge in [0.05, 0.1) is 24.6 Å². The summed E-state index contributed by atoms with van der Waals surface area (Å²) in [6.45, 7) is 1.61. The van der Waals surface area contributed by atoms with Crippen LogP contribution in [0.4, 0.5) is 5.69 Å². The monoisotopic (exact) mass is 495 g/mol. The number of imide groups is 1. The van der Waals surface area contributed by atoms with Crippen LogP contribution in [-0.4, -0.2) is 35.6 Å². The van der Waals surface area contributed by atoms with Crippen LogP contribution in [0.1, 0.15) is 31.2 Å². The predicted molar refractivity (Wildman–Crippen MR) is 135 cm³/mol. The lowest BCUT2D eigenvalue weighted by Crippen LogP contribution is -2.39. The molecule has 3 aliphatic carbocycles. The average Bonchev–Trinajstić information content (AvgIpc) is 3.16. The second-order valence-electron chi connectivity index (χ2n) is 9.97. The number of nitrogens with zero attached hydrogens (tertiary/aromatic N) is 1. The lowest BCUT2D eigenvalue weighted by molar-refractivity contribution is -0.123. The van der Waals surface area contributed by atoms with E-state index in [0.717, 1.165) is 5.57 Å². The third kappa shape index (κ3) is 3.26. The van der Waals surface area contributed by atoms with E-state index in [2.05, 4.69) is 0 Å². The van der Waals surface area contributed by atoms with Crippen LogP contribution in [-0.2, 0) is 19.2 Å². The van der Waals surface area contributed by atoms with E-state index in [-0.39, 0.29) is 41.3 Å². The number of amides is 2. The molecule has 1 heterocycles. The molecule has 1 N–H and O–H groups in total. The van der Waals surface area contributed by atoms with Crippen molar-refractivity contribution in [3.63, 3.8) is 0 Å². The zero-order valence-electron chi connectivity index (χ0n) is 20.4. The molecular formula is C30H25NO6. The van der Waals surface area contributed by atoms with E-state index in [1.807, 2.05) is 12.1 Å². The molecule has 1 fully saturated rings. The van der Waals surface area contributed by atoms with E-state index in [0.29, 0.717) is 34.4 Å². The standard InChI is InChI=1S/C30H25NO6/c1-15-13-22(32)21-14-20-17(24(26(21)27(15)33)18-9-6-10-23(37-2)28(18)34)11-12-19-25(20)30(36)31(29(19)35)16-7-4-3-5-8-16/h3-11,13,19-20,24-25,34H,12,14H2,1-2H3/t19-,20+,24+,25-/m0/s1. The second kappa shape index (κ2) is 8.40. The topological polar surface area (TPSA) is 101 Å². The smallest absolute Gasteiger partial charge is 0.238 e. The number of carbonyl (C=O) groups is 4. The number of hydrogen-bond donors (Lipinski definition) is 1. The molecule has 4 atom stereocenters. The molecule has 7 nitrogen and oxygen atoms in total. The molecule has 0 spiro atoms. The Labute approximate surface area is 213 Å². The van der Waals surface area contributed by atoms with Gasteiger partial charge in [-0.3, -0.25) is 24.1 Å². The Bertz CT molecular complexity index is 1480. The van der Waals surface area contributed by atoms with E-state index in [4.69, 9.17) is 4.74 Å². The first-order valence-corrected chi connectivity index (χ1v) is 12.3. The number of rotatable bonds is 3. The highest BCUT2D eigenvalue weighted by Crippen LogP contribution is 2.57. The lowest BCUT2D eigenvalue weighted by atomic mass is 9.59. The Morgan fingerprint density at radius 3 is 2.43 bits per heavy atom. The third-order valence-electron chi connectivity index (χ3n) is 8.14. The van der Waals surface area contributed by atoms with Crippen LogP contribution in [0.2, 0.25) is 0 Å². The molecule has 0 aromatic heterocycles. The maximum absolute atomic E-state index is 13.8. The predicted octanol–water partition coefficient (Wildman–Crippen LogP) is 4.03. The summed E-state index contributed by atoms with van der Waals surface area (Å²) in [4.78, 5) is 55.2. The lowest BCUT2D eigenvalue weighted by Gasteiger charge is -2.42. The van der Waals surface area contributed by atoms with Crippen LogP contribution in [0.5, 0.6) is 11.5 Å². The maximum atomic E-state index is 13.8. The molecule has 37 heavy (non-hydrogen) atoms. The highest BCUT2D eigenvalue weighted by Gasteiger charge is 2.56. The van der Waals surface area contributed by atoms with E-state index in [9.17, 15) is 24.3 Å². The van der Waals surface area contributed by atoms with Gasteiger partial charge in [0.15, 0.2) is 23.1 Å². The van der Waals surface area contributed by atoms with Crippen LogP contribution >= 0.6 is 0 Å². The molecule has 0 unspecified atom stereocenters. The third-order valence-corrected chi connectivity index (χ3v) is 8.14. The largest absolute Gasteiger partial charge is 0.504 e. The van der Waals surface area contributed by atoms with Crippen molar-refractivity contribution in [2.24, 2.45) is 17.8 Å². The molecular weight excluding hydrogens is 470 g/mol. The van der Waals surface area contributed by atoms with E-state index in [1.54, 1.807) is 49.4 Å². The number of ketones is 2. The quantitative estimate of drug-likeness (QED) is 0.392. The Hall–Kier alpha value is -4.26. The molecule has 2 aromatic rings. The van der Waals surface area contributed by atoms with Gasteiger partial charge in [-0.15, -0.1) is 0 Å². The van der Waals surface area contributed by atoms with Crippen LogP contribution in [0.25, 0.3) is 0 Å². The van der Waals surface area contributed by atoms with Crippen LogP contribution in [0.3, 0.4) is 0 Å². The first kappa shape index (κ1) is 23.2. The van der Waals surface area contributed by atoms with Crippen molar-refractivity contribution in [1.29, 1.82) is 0 Å². The van der Waals surface area contributed by atoms with Crippen molar-refractivity contribution in [2.75, 3.05) is 12.0 Å². The number of Topliss-reactive ketones (excluding diaryl/α,β-unsaturated/α-hetero) is 1. The number of allylic oxidation sites excluding steroid dienone is 6. The van der Waals surface area contributed by atoms with Crippen molar-refractivity contribution >= 4 is 29.1 Å². The number of methoxy groups -OCH3 is 1. The number of phenolic OH excluding ortho intramolecular Hbond substituents is 1. The molecule has 0 saturated carbocycles. The summed E-state index contributed by atoms with van der Waals surface area (Å²) < 4.78 is 5.33. The fourth-order valence-corrected chi connectivity index (χ4v) is 6.49. The summed E-state index contributed by atoms with van der Waals surface area (Å²) >= 11 is 0. The van der Waals surface area contributed by atoms with Crippen LogP contribution in [0, 0.1) is 17.8 Å². The van der Waals surface area contributed by atoms with Crippen molar-refractivity contribution in [3.8, 4) is 11.5 Å². The fraction of sp³-hybridized carbons (Fsp3) is 0.267. The summed E-state index contributed by atoms with van der Waals surface area (Å²) in [5.74, 6) is -3.31. The number of fused-ring (bicyclic) bond motifs is 3. The fourth-order valence-electron chi connectivity index (χ4n) is 6.49. The molecule has 0 bridgehead atoms. The van der Waals surface area contributed by atoms with Gasteiger partial charge in [0.25, 0.3) is 0 Å². The van der Waals surface area contributed by atoms with Gasteiger partial charge in [-0.05, 0) is 50.0 Å². The van der Waals surface area contributed by atoms with E-state index in [1.165, 1.54) is 18.1 Å². The van der Waals surface area contributed by atoms with Gasteiger partial charge < -0.3 is 9.84 Å². The highest BCUT2D eigenvalue weighted by molar-refractivity contribution is 6.25. The van der Waals surface area contributed by atoms with Crippen molar-refractivity contribution in [2.45, 2.75) is 25.7 Å². The van der Waals surface area contributed by atoms with Gasteiger partial charge in [-0.25, -0.2) is 0 Å². The Kier molecular flexibility index (Phi) is 5.26. The van der Waals surface area contributed by atoms with Crippen LogP contribution < -0.4 is 9.64 Å². The summed E-state index contributed by atoms with van der Waals surface area (Å²) in [6, 6.07) is 13.9. The second-order valence-corrected chi connectivity index (χ2v) is 9.97. The number of para-hydroxylation sites is 2. The summed E-state index contributed by atoms with van der Waals surface area (Å²) in [5, 5.41) is 11.1. The minimum Gasteiger partial charge on any atom is -0.504 e. The Morgan fingerprint density at radius 1 is 0.946 bits per heavy atom. The first-order chi connectivity index (χ1) is 17.8. The number of ether oxygens (including phenoxy) is 1. The molecule has 1 saturated heterocycles. The zero-order chi connectivity index (χ0) is 26.0. The van der Waals surface area contributed by atoms with Gasteiger partial charge >= 0.3 is 0 Å². The number of phenols is 1. The minimum atomic E-state index is -0.724. The van der Waals surface area contributed by atoms with Gasteiger partial charge in [0, 0.05) is 28.2 Å². The Morgan fingerprint density at radius 2 is 1.70 bits per heavy atom. The van der Waals surface area contributed by atoms with Gasteiger partial charge in [0.1, 0.15) is 0 Å². The van der Waals surface area contributed by atoms with Crippen molar-refractivity contribution in [3.05, 3.63) is 88.5 Å². The van der Waals surface area contributed by atoms with Crippen molar-refractivity contribution < 1.29 is 29.0 Å². The number of anilines is 1. The van der Waals surface area contributed by atoms with Gasteiger partial charge in [-0.2, -0.15) is 0 Å². The number of aromatic hydroxyl groups is 1. The normalized spacial score (nSPS) is 26.9. The molecule has 0 radical (unpaired) electrons. The molecule has 1 aliphatic heterocycles.